The van der Waals surface area contributed by atoms with Gasteiger partial charge in [0.25, 0.3) is 0 Å². The minimum atomic E-state index is 0.0472. The first kappa shape index (κ1) is 14.2. The van der Waals surface area contributed by atoms with Gasteiger partial charge in [-0.15, -0.1) is 11.8 Å². The fraction of sp³-hybridized carbons (Fsp3) is 0.278. The first-order chi connectivity index (χ1) is 10.3. The smallest absolute Gasteiger partial charge is 0.236 e. The average Bonchev–Trinajstić information content (AvgIpc) is 2.82. The van der Waals surface area contributed by atoms with Crippen LogP contribution in [0.2, 0.25) is 0 Å². The zero-order valence-electron chi connectivity index (χ0n) is 12.1. The molecule has 3 rings (SSSR count). The van der Waals surface area contributed by atoms with Crippen molar-refractivity contribution in [3.05, 3.63) is 71.8 Å². The van der Waals surface area contributed by atoms with Crippen molar-refractivity contribution in [3.8, 4) is 0 Å². The van der Waals surface area contributed by atoms with E-state index in [-0.39, 0.29) is 16.5 Å². The monoisotopic (exact) mass is 297 g/mol. The van der Waals surface area contributed by atoms with Crippen LogP contribution in [0.3, 0.4) is 0 Å². The molecule has 1 aliphatic rings. The minimum absolute atomic E-state index is 0.0472. The second-order valence-electron chi connectivity index (χ2n) is 5.31. The Hall–Kier alpha value is -1.74. The summed E-state index contributed by atoms with van der Waals surface area (Å²) >= 11 is 1.75. The average molecular weight is 297 g/mol. The molecule has 2 nitrogen and oxygen atoms in total. The molecule has 1 heterocycles. The van der Waals surface area contributed by atoms with Gasteiger partial charge in [0.05, 0.1) is 5.25 Å². The van der Waals surface area contributed by atoms with Crippen LogP contribution in [0.15, 0.2) is 60.7 Å². The number of rotatable bonds is 4. The van der Waals surface area contributed by atoms with Crippen molar-refractivity contribution in [1.82, 2.24) is 4.90 Å². The maximum atomic E-state index is 12.4. The maximum Gasteiger partial charge on any atom is 0.236 e. The summed E-state index contributed by atoms with van der Waals surface area (Å²) in [4.78, 5) is 14.4. The quantitative estimate of drug-likeness (QED) is 0.853. The summed E-state index contributed by atoms with van der Waals surface area (Å²) in [5.74, 6) is 0.254. The fourth-order valence-electron chi connectivity index (χ4n) is 2.67. The second-order valence-corrected chi connectivity index (χ2v) is 6.73. The van der Waals surface area contributed by atoms with Gasteiger partial charge in [0.2, 0.25) is 5.91 Å². The maximum absolute atomic E-state index is 12.4. The summed E-state index contributed by atoms with van der Waals surface area (Å²) in [7, 11) is 0. The fourth-order valence-corrected chi connectivity index (χ4v) is 3.98. The summed E-state index contributed by atoms with van der Waals surface area (Å²) in [6, 6.07) is 20.7. The van der Waals surface area contributed by atoms with Crippen LogP contribution in [-0.2, 0) is 11.2 Å². The molecule has 2 atom stereocenters. The highest BCUT2D eigenvalue weighted by Gasteiger charge is 2.37. The van der Waals surface area contributed by atoms with E-state index in [9.17, 15) is 4.79 Å². The van der Waals surface area contributed by atoms with E-state index >= 15 is 0 Å². The molecular formula is C18H19NOS. The lowest BCUT2D eigenvalue weighted by molar-refractivity contribution is -0.129. The van der Waals surface area contributed by atoms with Gasteiger partial charge in [-0.25, -0.2) is 0 Å². The van der Waals surface area contributed by atoms with Crippen molar-refractivity contribution in [2.24, 2.45) is 0 Å². The number of hydrogen-bond donors (Lipinski definition) is 0. The van der Waals surface area contributed by atoms with Gasteiger partial charge in [0.1, 0.15) is 5.37 Å². The van der Waals surface area contributed by atoms with Crippen LogP contribution >= 0.6 is 11.8 Å². The molecule has 2 aromatic rings. The van der Waals surface area contributed by atoms with Crippen LogP contribution in [0.5, 0.6) is 0 Å². The number of benzene rings is 2. The van der Waals surface area contributed by atoms with Crippen LogP contribution < -0.4 is 0 Å². The molecule has 108 valence electrons. The molecule has 0 aliphatic carbocycles. The van der Waals surface area contributed by atoms with Gasteiger partial charge >= 0.3 is 0 Å². The van der Waals surface area contributed by atoms with Crippen molar-refractivity contribution in [2.45, 2.75) is 24.0 Å². The largest absolute Gasteiger partial charge is 0.325 e. The third kappa shape index (κ3) is 3.13. The van der Waals surface area contributed by atoms with Gasteiger partial charge in [0.15, 0.2) is 0 Å². The molecule has 0 saturated carbocycles. The molecule has 0 N–H and O–H groups in total. The lowest BCUT2D eigenvalue weighted by Crippen LogP contribution is -2.32. The predicted molar refractivity (Wildman–Crippen MR) is 88.1 cm³/mol. The van der Waals surface area contributed by atoms with E-state index in [0.717, 1.165) is 13.0 Å². The number of amides is 1. The molecule has 0 radical (unpaired) electrons. The van der Waals surface area contributed by atoms with E-state index in [0.29, 0.717) is 0 Å². The Morgan fingerprint density at radius 3 is 2.29 bits per heavy atom. The van der Waals surface area contributed by atoms with Crippen LogP contribution in [0, 0.1) is 0 Å². The van der Waals surface area contributed by atoms with E-state index in [1.165, 1.54) is 11.1 Å². The molecule has 0 bridgehead atoms. The Morgan fingerprint density at radius 1 is 1.00 bits per heavy atom. The minimum Gasteiger partial charge on any atom is -0.325 e. The van der Waals surface area contributed by atoms with Crippen LogP contribution in [-0.4, -0.2) is 22.6 Å². The van der Waals surface area contributed by atoms with Gasteiger partial charge in [-0.3, -0.25) is 4.79 Å². The van der Waals surface area contributed by atoms with Crippen molar-refractivity contribution >= 4 is 17.7 Å². The molecule has 2 aromatic carbocycles. The molecule has 1 saturated heterocycles. The van der Waals surface area contributed by atoms with Crippen molar-refractivity contribution in [1.29, 1.82) is 0 Å². The number of nitrogens with zero attached hydrogens (tertiary/aromatic N) is 1. The molecule has 21 heavy (non-hydrogen) atoms. The SMILES string of the molecule is C[C@H]1S[C@H](c2ccccc2)N(CCc2ccccc2)C1=O. The third-order valence-electron chi connectivity index (χ3n) is 3.82. The Morgan fingerprint density at radius 2 is 1.62 bits per heavy atom. The van der Waals surface area contributed by atoms with E-state index in [1.807, 2.05) is 48.2 Å². The molecule has 3 heteroatoms. The summed E-state index contributed by atoms with van der Waals surface area (Å²) in [5.41, 5.74) is 2.50. The van der Waals surface area contributed by atoms with E-state index in [2.05, 4.69) is 24.3 Å². The molecule has 0 aromatic heterocycles. The summed E-state index contributed by atoms with van der Waals surface area (Å²) in [6.45, 7) is 2.78. The molecule has 1 amide bonds. The highest BCUT2D eigenvalue weighted by Crippen LogP contribution is 2.42. The lowest BCUT2D eigenvalue weighted by Gasteiger charge is -2.24. The Kier molecular flexibility index (Phi) is 4.30. The number of hydrogen-bond acceptors (Lipinski definition) is 2. The summed E-state index contributed by atoms with van der Waals surface area (Å²) in [6.07, 6.45) is 0.906. The third-order valence-corrected chi connectivity index (χ3v) is 5.21. The zero-order valence-corrected chi connectivity index (χ0v) is 12.9. The Bertz CT molecular complexity index is 599. The van der Waals surface area contributed by atoms with E-state index in [1.54, 1.807) is 11.8 Å². The summed E-state index contributed by atoms with van der Waals surface area (Å²) < 4.78 is 0. The highest BCUT2D eigenvalue weighted by molar-refractivity contribution is 8.01. The number of carbonyl (C=O) groups excluding carboxylic acids is 1. The van der Waals surface area contributed by atoms with Crippen LogP contribution in [0.25, 0.3) is 0 Å². The molecule has 1 fully saturated rings. The van der Waals surface area contributed by atoms with Crippen molar-refractivity contribution < 1.29 is 4.79 Å². The van der Waals surface area contributed by atoms with Crippen LogP contribution in [0.4, 0.5) is 0 Å². The number of thioether (sulfide) groups is 1. The zero-order chi connectivity index (χ0) is 14.7. The Labute approximate surface area is 130 Å². The molecule has 0 spiro atoms. The topological polar surface area (TPSA) is 20.3 Å². The van der Waals surface area contributed by atoms with E-state index in [4.69, 9.17) is 0 Å². The van der Waals surface area contributed by atoms with E-state index < -0.39 is 0 Å². The molecule has 0 unspecified atom stereocenters. The first-order valence-corrected chi connectivity index (χ1v) is 8.25. The highest BCUT2D eigenvalue weighted by atomic mass is 32.2. The van der Waals surface area contributed by atoms with Gasteiger partial charge < -0.3 is 4.90 Å². The standard InChI is InChI=1S/C18H19NOS/c1-14-17(20)19(13-12-15-8-4-2-5-9-15)18(21-14)16-10-6-3-7-11-16/h2-11,14,18H,12-13H2,1H3/t14-,18-/m1/s1. The normalized spacial score (nSPS) is 21.8. The predicted octanol–water partition coefficient (Wildman–Crippen LogP) is 3.89. The molecule has 1 aliphatic heterocycles. The van der Waals surface area contributed by atoms with Gasteiger partial charge in [0, 0.05) is 6.54 Å². The van der Waals surface area contributed by atoms with Crippen molar-refractivity contribution in [2.75, 3.05) is 6.54 Å². The Balaban J connectivity index is 1.75. The van der Waals surface area contributed by atoms with Crippen LogP contribution in [0.1, 0.15) is 23.4 Å². The lowest BCUT2D eigenvalue weighted by atomic mass is 10.1. The molecular weight excluding hydrogens is 278 g/mol. The van der Waals surface area contributed by atoms with Gasteiger partial charge in [-0.1, -0.05) is 60.7 Å². The van der Waals surface area contributed by atoms with Crippen molar-refractivity contribution in [3.63, 3.8) is 0 Å². The second kappa shape index (κ2) is 6.35. The number of carbonyl (C=O) groups is 1. The summed E-state index contributed by atoms with van der Waals surface area (Å²) in [5, 5.41) is 0.198. The van der Waals surface area contributed by atoms with Gasteiger partial charge in [-0.2, -0.15) is 0 Å². The van der Waals surface area contributed by atoms with Gasteiger partial charge in [-0.05, 0) is 24.5 Å². The first-order valence-electron chi connectivity index (χ1n) is 7.30.